The molecule has 2 N–H and O–H groups in total. The Balaban J connectivity index is 2.03. The number of phenols is 1. The van der Waals surface area contributed by atoms with Crippen LogP contribution in [0.5, 0.6) is 11.5 Å². The molecule has 4 amide bonds. The molecule has 7 nitrogen and oxygen atoms in total. The molecule has 2 aromatic rings. The fourth-order valence-corrected chi connectivity index (χ4v) is 3.21. The van der Waals surface area contributed by atoms with E-state index in [4.69, 9.17) is 4.74 Å². The number of methoxy groups -OCH3 is 1. The Morgan fingerprint density at radius 2 is 1.86 bits per heavy atom. The van der Waals surface area contributed by atoms with Gasteiger partial charge in [0.15, 0.2) is 11.5 Å². The third-order valence-corrected chi connectivity index (χ3v) is 4.99. The maximum Gasteiger partial charge on any atom is 0.335 e. The van der Waals surface area contributed by atoms with Crippen LogP contribution in [0.25, 0.3) is 6.08 Å². The van der Waals surface area contributed by atoms with Gasteiger partial charge in [0.25, 0.3) is 11.8 Å². The Labute approximate surface area is 169 Å². The van der Waals surface area contributed by atoms with E-state index in [-0.39, 0.29) is 17.1 Å². The van der Waals surface area contributed by atoms with Crippen molar-refractivity contribution in [3.63, 3.8) is 0 Å². The van der Waals surface area contributed by atoms with Gasteiger partial charge in [-0.3, -0.25) is 14.9 Å². The lowest BCUT2D eigenvalue weighted by Crippen LogP contribution is -2.54. The van der Waals surface area contributed by atoms with E-state index < -0.39 is 17.8 Å². The minimum Gasteiger partial charge on any atom is -0.504 e. The Hall–Kier alpha value is -3.13. The maximum atomic E-state index is 12.9. The van der Waals surface area contributed by atoms with Crippen molar-refractivity contribution < 1.29 is 24.2 Å². The Morgan fingerprint density at radius 3 is 2.46 bits per heavy atom. The first-order valence-electron chi connectivity index (χ1n) is 8.42. The van der Waals surface area contributed by atoms with E-state index in [0.29, 0.717) is 15.7 Å². The van der Waals surface area contributed by atoms with Crippen LogP contribution in [0.1, 0.15) is 18.1 Å². The van der Waals surface area contributed by atoms with Crippen molar-refractivity contribution >= 4 is 45.5 Å². The molecule has 0 bridgehead atoms. The molecular formula is C20H17BrN2O5. The van der Waals surface area contributed by atoms with Crippen molar-refractivity contribution in [3.8, 4) is 11.5 Å². The van der Waals surface area contributed by atoms with Crippen LogP contribution >= 0.6 is 15.9 Å². The van der Waals surface area contributed by atoms with Gasteiger partial charge in [0.1, 0.15) is 5.57 Å². The van der Waals surface area contributed by atoms with E-state index in [9.17, 15) is 19.5 Å². The number of imide groups is 2. The summed E-state index contributed by atoms with van der Waals surface area (Å²) in [4.78, 5) is 38.4. The molecule has 2 aromatic carbocycles. The van der Waals surface area contributed by atoms with Gasteiger partial charge in [0, 0.05) is 4.47 Å². The number of nitrogens with one attached hydrogen (secondary N) is 1. The number of hydrogen-bond acceptors (Lipinski definition) is 5. The van der Waals surface area contributed by atoms with Crippen molar-refractivity contribution in [2.45, 2.75) is 13.3 Å². The highest BCUT2D eigenvalue weighted by Crippen LogP contribution is 2.34. The van der Waals surface area contributed by atoms with Crippen LogP contribution in [0, 0.1) is 0 Å². The highest BCUT2D eigenvalue weighted by atomic mass is 79.9. The summed E-state index contributed by atoms with van der Waals surface area (Å²) in [6.07, 6.45) is 2.16. The first kappa shape index (κ1) is 19.6. The average molecular weight is 445 g/mol. The van der Waals surface area contributed by atoms with Gasteiger partial charge in [-0.05, 0) is 47.9 Å². The van der Waals surface area contributed by atoms with Crippen molar-refractivity contribution in [2.75, 3.05) is 12.0 Å². The van der Waals surface area contributed by atoms with Gasteiger partial charge in [0.2, 0.25) is 0 Å². The molecule has 1 heterocycles. The number of nitrogens with zero attached hydrogens (tertiary/aromatic N) is 1. The van der Waals surface area contributed by atoms with Gasteiger partial charge in [-0.1, -0.05) is 35.0 Å². The summed E-state index contributed by atoms with van der Waals surface area (Å²) in [6.45, 7) is 2.00. The first-order valence-corrected chi connectivity index (χ1v) is 9.22. The molecule has 1 saturated heterocycles. The van der Waals surface area contributed by atoms with E-state index >= 15 is 0 Å². The SMILES string of the molecule is CCc1ccc(N2C(=O)NC(=O)/C(=C/c3cc(OC)c(O)cc3Br)C2=O)cc1. The molecule has 28 heavy (non-hydrogen) atoms. The minimum atomic E-state index is -0.807. The average Bonchev–Trinajstić information content (AvgIpc) is 2.67. The van der Waals surface area contributed by atoms with Crippen LogP contribution in [0.15, 0.2) is 46.4 Å². The van der Waals surface area contributed by atoms with E-state index in [1.807, 2.05) is 19.1 Å². The predicted molar refractivity (Wildman–Crippen MR) is 107 cm³/mol. The van der Waals surface area contributed by atoms with Gasteiger partial charge in [0.05, 0.1) is 12.8 Å². The molecule has 0 spiro atoms. The fourth-order valence-electron chi connectivity index (χ4n) is 2.76. The quantitative estimate of drug-likeness (QED) is 0.556. The summed E-state index contributed by atoms with van der Waals surface area (Å²) in [5.74, 6) is -1.45. The van der Waals surface area contributed by atoms with Gasteiger partial charge < -0.3 is 9.84 Å². The van der Waals surface area contributed by atoms with Crippen molar-refractivity contribution in [1.82, 2.24) is 5.32 Å². The number of rotatable bonds is 4. The molecule has 0 unspecified atom stereocenters. The largest absolute Gasteiger partial charge is 0.504 e. The number of ether oxygens (including phenoxy) is 1. The highest BCUT2D eigenvalue weighted by Gasteiger charge is 2.36. The summed E-state index contributed by atoms with van der Waals surface area (Å²) in [6, 6.07) is 9.01. The summed E-state index contributed by atoms with van der Waals surface area (Å²) in [7, 11) is 1.39. The number of benzene rings is 2. The minimum absolute atomic E-state index is 0.0937. The Morgan fingerprint density at radius 1 is 1.18 bits per heavy atom. The number of amides is 4. The molecule has 144 valence electrons. The number of phenolic OH excluding ortho intramolecular Hbond substituents is 1. The second-order valence-corrected chi connectivity index (χ2v) is 6.88. The fraction of sp³-hybridized carbons (Fsp3) is 0.150. The zero-order valence-electron chi connectivity index (χ0n) is 15.2. The smallest absolute Gasteiger partial charge is 0.335 e. The Bertz CT molecular complexity index is 998. The van der Waals surface area contributed by atoms with E-state index in [1.165, 1.54) is 25.3 Å². The number of aryl methyl sites for hydroxylation is 1. The second-order valence-electron chi connectivity index (χ2n) is 6.02. The molecule has 0 saturated carbocycles. The maximum absolute atomic E-state index is 12.9. The number of halogens is 1. The van der Waals surface area contributed by atoms with Crippen molar-refractivity contribution in [3.05, 3.63) is 57.6 Å². The third kappa shape index (κ3) is 3.63. The number of anilines is 1. The van der Waals surface area contributed by atoms with Crippen LogP contribution in [-0.2, 0) is 16.0 Å². The molecule has 3 rings (SSSR count). The molecule has 0 radical (unpaired) electrons. The lowest BCUT2D eigenvalue weighted by molar-refractivity contribution is -0.122. The van der Waals surface area contributed by atoms with Crippen molar-refractivity contribution in [1.29, 1.82) is 0 Å². The molecular weight excluding hydrogens is 428 g/mol. The van der Waals surface area contributed by atoms with E-state index in [0.717, 1.165) is 16.9 Å². The number of barbiturate groups is 1. The van der Waals surface area contributed by atoms with Gasteiger partial charge in [-0.2, -0.15) is 0 Å². The molecule has 1 aliphatic rings. The third-order valence-electron chi connectivity index (χ3n) is 4.30. The topological polar surface area (TPSA) is 95.9 Å². The van der Waals surface area contributed by atoms with E-state index in [1.54, 1.807) is 12.1 Å². The van der Waals surface area contributed by atoms with Crippen LogP contribution in [0.2, 0.25) is 0 Å². The molecule has 1 aliphatic heterocycles. The van der Waals surface area contributed by atoms with Crippen LogP contribution in [0.4, 0.5) is 10.5 Å². The summed E-state index contributed by atoms with van der Waals surface area (Å²) in [5, 5.41) is 12.0. The summed E-state index contributed by atoms with van der Waals surface area (Å²) in [5.41, 5.74) is 1.64. The first-order chi connectivity index (χ1) is 13.3. The van der Waals surface area contributed by atoms with Crippen LogP contribution < -0.4 is 15.0 Å². The number of aromatic hydroxyl groups is 1. The molecule has 8 heteroatoms. The number of urea groups is 1. The summed E-state index contributed by atoms with van der Waals surface area (Å²) >= 11 is 3.28. The van der Waals surface area contributed by atoms with Crippen molar-refractivity contribution in [2.24, 2.45) is 0 Å². The molecule has 0 aliphatic carbocycles. The lowest BCUT2D eigenvalue weighted by Gasteiger charge is -2.26. The van der Waals surface area contributed by atoms with Gasteiger partial charge in [-0.15, -0.1) is 0 Å². The van der Waals surface area contributed by atoms with Gasteiger partial charge >= 0.3 is 6.03 Å². The molecule has 0 atom stereocenters. The number of carbonyl (C=O) groups excluding carboxylic acids is 3. The van der Waals surface area contributed by atoms with Crippen LogP contribution in [-0.4, -0.2) is 30.1 Å². The zero-order chi connectivity index (χ0) is 20.4. The zero-order valence-corrected chi connectivity index (χ0v) is 16.7. The standard InChI is InChI=1S/C20H17BrN2O5/c1-3-11-4-6-13(7-5-11)23-19(26)14(18(25)22-20(23)27)8-12-9-17(28-2)16(24)10-15(12)21/h4-10,24H,3H2,1-2H3,(H,22,25,27)/b14-8-. The van der Waals surface area contributed by atoms with E-state index in [2.05, 4.69) is 21.2 Å². The normalized spacial score (nSPS) is 15.8. The predicted octanol–water partition coefficient (Wildman–Crippen LogP) is 3.39. The molecule has 1 fully saturated rings. The number of hydrogen-bond donors (Lipinski definition) is 2. The van der Waals surface area contributed by atoms with Gasteiger partial charge in [-0.25, -0.2) is 9.69 Å². The molecule has 0 aromatic heterocycles. The second kappa shape index (κ2) is 7.85. The number of carbonyl (C=O) groups is 3. The van der Waals surface area contributed by atoms with Crippen LogP contribution in [0.3, 0.4) is 0 Å². The monoisotopic (exact) mass is 444 g/mol. The lowest BCUT2D eigenvalue weighted by atomic mass is 10.1. The Kier molecular flexibility index (Phi) is 5.51. The summed E-state index contributed by atoms with van der Waals surface area (Å²) < 4.78 is 5.52. The highest BCUT2D eigenvalue weighted by molar-refractivity contribution is 9.10.